The molecule has 4 rings (SSSR count). The summed E-state index contributed by atoms with van der Waals surface area (Å²) in [4.78, 5) is 20.0. The second kappa shape index (κ2) is 5.19. The molecule has 0 aliphatic rings. The zero-order valence-electron chi connectivity index (χ0n) is 13.7. The van der Waals surface area contributed by atoms with E-state index in [1.165, 1.54) is 0 Å². The number of aromatic nitrogens is 4. The van der Waals surface area contributed by atoms with Crippen LogP contribution < -0.4 is 5.32 Å². The first kappa shape index (κ1) is 14.4. The minimum Gasteiger partial charge on any atom is -0.351 e. The first-order chi connectivity index (χ1) is 11.5. The van der Waals surface area contributed by atoms with Gasteiger partial charge >= 0.3 is 0 Å². The molecule has 0 fully saturated rings. The number of carbonyl (C=O) groups excluding carboxylic acids is 1. The summed E-state index contributed by atoms with van der Waals surface area (Å²) in [7, 11) is 1.85. The van der Waals surface area contributed by atoms with Crippen LogP contribution in [-0.4, -0.2) is 25.7 Å². The van der Waals surface area contributed by atoms with Crippen molar-refractivity contribution in [3.05, 3.63) is 53.5 Å². The van der Waals surface area contributed by atoms with Crippen molar-refractivity contribution in [3.63, 3.8) is 0 Å². The SMILES string of the molecule is Cc1ccc2cc(C(=O)Nc3cnc4c(c3)c(C)nn4C)[nH]c2c1. The lowest BCUT2D eigenvalue weighted by atomic mass is 10.2. The monoisotopic (exact) mass is 319 g/mol. The van der Waals surface area contributed by atoms with Gasteiger partial charge < -0.3 is 10.3 Å². The van der Waals surface area contributed by atoms with Crippen molar-refractivity contribution in [2.45, 2.75) is 13.8 Å². The van der Waals surface area contributed by atoms with E-state index in [0.717, 1.165) is 33.2 Å². The molecule has 3 heterocycles. The molecule has 4 aromatic rings. The van der Waals surface area contributed by atoms with E-state index in [0.29, 0.717) is 11.4 Å². The van der Waals surface area contributed by atoms with Crippen LogP contribution >= 0.6 is 0 Å². The first-order valence-corrected chi connectivity index (χ1v) is 7.71. The molecule has 0 aliphatic carbocycles. The Bertz CT molecular complexity index is 1090. The molecule has 0 atom stereocenters. The highest BCUT2D eigenvalue weighted by Crippen LogP contribution is 2.21. The average molecular weight is 319 g/mol. The fourth-order valence-corrected chi connectivity index (χ4v) is 2.94. The Morgan fingerprint density at radius 3 is 2.88 bits per heavy atom. The van der Waals surface area contributed by atoms with E-state index >= 15 is 0 Å². The van der Waals surface area contributed by atoms with E-state index in [1.54, 1.807) is 10.9 Å². The molecule has 0 saturated carbocycles. The van der Waals surface area contributed by atoms with Crippen molar-refractivity contribution >= 4 is 33.5 Å². The Labute approximate surface area is 138 Å². The number of aromatic amines is 1. The number of nitrogens with zero attached hydrogens (tertiary/aromatic N) is 3. The molecule has 3 aromatic heterocycles. The highest BCUT2D eigenvalue weighted by Gasteiger charge is 2.12. The molecule has 1 aromatic carbocycles. The second-order valence-corrected chi connectivity index (χ2v) is 6.03. The predicted octanol–water partition coefficient (Wildman–Crippen LogP) is 3.32. The lowest BCUT2D eigenvalue weighted by molar-refractivity contribution is 0.102. The Morgan fingerprint density at radius 1 is 1.21 bits per heavy atom. The largest absolute Gasteiger partial charge is 0.351 e. The van der Waals surface area contributed by atoms with Gasteiger partial charge in [0.15, 0.2) is 5.65 Å². The highest BCUT2D eigenvalue weighted by molar-refractivity contribution is 6.06. The van der Waals surface area contributed by atoms with Gasteiger partial charge in [0.05, 0.1) is 17.6 Å². The number of benzene rings is 1. The number of nitrogens with one attached hydrogen (secondary N) is 2. The molecule has 0 saturated heterocycles. The Balaban J connectivity index is 1.66. The summed E-state index contributed by atoms with van der Waals surface area (Å²) in [6.07, 6.45) is 1.65. The molecule has 0 unspecified atom stereocenters. The highest BCUT2D eigenvalue weighted by atomic mass is 16.1. The Morgan fingerprint density at radius 2 is 2.04 bits per heavy atom. The van der Waals surface area contributed by atoms with E-state index in [9.17, 15) is 4.79 Å². The number of fused-ring (bicyclic) bond motifs is 2. The number of amides is 1. The molecule has 0 radical (unpaired) electrons. The Hall–Kier alpha value is -3.15. The number of anilines is 1. The fourth-order valence-electron chi connectivity index (χ4n) is 2.94. The van der Waals surface area contributed by atoms with Crippen molar-refractivity contribution in [1.82, 2.24) is 19.7 Å². The van der Waals surface area contributed by atoms with E-state index in [-0.39, 0.29) is 5.91 Å². The molecule has 2 N–H and O–H groups in total. The molecule has 1 amide bonds. The molecule has 24 heavy (non-hydrogen) atoms. The van der Waals surface area contributed by atoms with Gasteiger partial charge in [-0.15, -0.1) is 0 Å². The van der Waals surface area contributed by atoms with E-state index in [4.69, 9.17) is 0 Å². The van der Waals surface area contributed by atoms with Crippen LogP contribution in [0.2, 0.25) is 0 Å². The number of hydrogen-bond donors (Lipinski definition) is 2. The van der Waals surface area contributed by atoms with Gasteiger partial charge in [0, 0.05) is 23.3 Å². The van der Waals surface area contributed by atoms with Crippen LogP contribution in [-0.2, 0) is 7.05 Å². The molecule has 0 spiro atoms. The average Bonchev–Trinajstić information content (AvgIpc) is 3.08. The molecular formula is C18H17N5O. The summed E-state index contributed by atoms with van der Waals surface area (Å²) in [5.41, 5.74) is 4.97. The number of hydrogen-bond acceptors (Lipinski definition) is 3. The van der Waals surface area contributed by atoms with Crippen molar-refractivity contribution in [3.8, 4) is 0 Å². The summed E-state index contributed by atoms with van der Waals surface area (Å²) in [5.74, 6) is -0.188. The van der Waals surface area contributed by atoms with Gasteiger partial charge in [-0.1, -0.05) is 12.1 Å². The second-order valence-electron chi connectivity index (χ2n) is 6.03. The number of pyridine rings is 1. The maximum Gasteiger partial charge on any atom is 0.272 e. The molecule has 0 bridgehead atoms. The lowest BCUT2D eigenvalue weighted by Gasteiger charge is -2.03. The van der Waals surface area contributed by atoms with E-state index < -0.39 is 0 Å². The summed E-state index contributed by atoms with van der Waals surface area (Å²) in [5, 5.41) is 9.18. The summed E-state index contributed by atoms with van der Waals surface area (Å²) < 4.78 is 1.73. The number of carbonyl (C=O) groups is 1. The smallest absolute Gasteiger partial charge is 0.272 e. The molecule has 0 aliphatic heterocycles. The number of aryl methyl sites for hydroxylation is 3. The van der Waals surface area contributed by atoms with Gasteiger partial charge in [0.25, 0.3) is 5.91 Å². The number of rotatable bonds is 2. The quantitative estimate of drug-likeness (QED) is 0.595. The zero-order valence-corrected chi connectivity index (χ0v) is 13.7. The molecular weight excluding hydrogens is 302 g/mol. The van der Waals surface area contributed by atoms with Gasteiger partial charge in [-0.2, -0.15) is 5.10 Å². The number of H-pyrrole nitrogens is 1. The topological polar surface area (TPSA) is 75.6 Å². The van der Waals surface area contributed by atoms with Crippen molar-refractivity contribution in [2.24, 2.45) is 7.05 Å². The molecule has 6 heteroatoms. The van der Waals surface area contributed by atoms with Crippen LogP contribution in [0.25, 0.3) is 21.9 Å². The van der Waals surface area contributed by atoms with Crippen molar-refractivity contribution in [1.29, 1.82) is 0 Å². The van der Waals surface area contributed by atoms with Crippen LogP contribution in [0, 0.1) is 13.8 Å². The third kappa shape index (κ3) is 2.32. The maximum absolute atomic E-state index is 12.5. The van der Waals surface area contributed by atoms with Crippen LogP contribution in [0.3, 0.4) is 0 Å². The van der Waals surface area contributed by atoms with Gasteiger partial charge in [-0.25, -0.2) is 4.98 Å². The van der Waals surface area contributed by atoms with E-state index in [2.05, 4.69) is 20.4 Å². The van der Waals surface area contributed by atoms with Gasteiger partial charge in [-0.05, 0) is 37.6 Å². The third-order valence-corrected chi connectivity index (χ3v) is 4.14. The van der Waals surface area contributed by atoms with Crippen LogP contribution in [0.15, 0.2) is 36.5 Å². The predicted molar refractivity (Wildman–Crippen MR) is 94.2 cm³/mol. The van der Waals surface area contributed by atoms with E-state index in [1.807, 2.05) is 51.2 Å². The molecule has 6 nitrogen and oxygen atoms in total. The van der Waals surface area contributed by atoms with Gasteiger partial charge in [-0.3, -0.25) is 9.48 Å². The normalized spacial score (nSPS) is 11.3. The van der Waals surface area contributed by atoms with Gasteiger partial charge in [0.1, 0.15) is 5.69 Å². The summed E-state index contributed by atoms with van der Waals surface area (Å²) in [6, 6.07) is 9.81. The van der Waals surface area contributed by atoms with Crippen LogP contribution in [0.4, 0.5) is 5.69 Å². The third-order valence-electron chi connectivity index (χ3n) is 4.14. The first-order valence-electron chi connectivity index (χ1n) is 7.71. The lowest BCUT2D eigenvalue weighted by Crippen LogP contribution is -2.12. The summed E-state index contributed by atoms with van der Waals surface area (Å²) >= 11 is 0. The standard InChI is InChI=1S/C18H17N5O/c1-10-4-5-12-7-16(21-15(12)6-10)18(24)20-13-8-14-11(2)22-23(3)17(14)19-9-13/h4-9,21H,1-3H3,(H,20,24). The van der Waals surface area contributed by atoms with Crippen molar-refractivity contribution in [2.75, 3.05) is 5.32 Å². The van der Waals surface area contributed by atoms with Gasteiger partial charge in [0.2, 0.25) is 0 Å². The molecule has 120 valence electrons. The summed E-state index contributed by atoms with van der Waals surface area (Å²) in [6.45, 7) is 3.95. The van der Waals surface area contributed by atoms with Crippen molar-refractivity contribution < 1.29 is 4.79 Å². The van der Waals surface area contributed by atoms with Crippen LogP contribution in [0.5, 0.6) is 0 Å². The minimum absolute atomic E-state index is 0.188. The minimum atomic E-state index is -0.188. The van der Waals surface area contributed by atoms with Crippen LogP contribution in [0.1, 0.15) is 21.7 Å². The maximum atomic E-state index is 12.5. The fraction of sp³-hybridized carbons (Fsp3) is 0.167. The zero-order chi connectivity index (χ0) is 16.8. The Kier molecular flexibility index (Phi) is 3.13.